The predicted molar refractivity (Wildman–Crippen MR) is 98.4 cm³/mol. The average molecular weight is 373 g/mol. The van der Waals surface area contributed by atoms with E-state index in [1.165, 1.54) is 10.9 Å². The fourth-order valence-electron chi connectivity index (χ4n) is 2.36. The highest BCUT2D eigenvalue weighted by Gasteiger charge is 2.20. The predicted octanol–water partition coefficient (Wildman–Crippen LogP) is -0.370. The number of unbranched alkanes of at least 4 members (excludes halogenated alkanes) is 1. The molecular formula is C17H23N7O3. The molecular weight excluding hydrogens is 350 g/mol. The molecule has 144 valence electrons. The molecule has 1 aromatic heterocycles. The standard InChI is InChI=1S/C17H23N7O3/c18-9-5-4-8-13(16(19)26)21-17(27)14-10-24(23-22-14)11-15(25)20-12-6-2-1-3-7-12/h1-3,6-7,10,13H,4-5,8-9,11,18H2,(H2,19,26)(H,20,25)(H,21,27). The van der Waals surface area contributed by atoms with Crippen LogP contribution in [0.1, 0.15) is 29.8 Å². The highest BCUT2D eigenvalue weighted by Crippen LogP contribution is 2.05. The summed E-state index contributed by atoms with van der Waals surface area (Å²) in [5, 5.41) is 12.7. The largest absolute Gasteiger partial charge is 0.368 e. The number of nitrogens with zero attached hydrogens (tertiary/aromatic N) is 3. The number of amides is 3. The van der Waals surface area contributed by atoms with Gasteiger partial charge in [0.1, 0.15) is 12.6 Å². The lowest BCUT2D eigenvalue weighted by Crippen LogP contribution is -2.44. The number of nitrogens with one attached hydrogen (secondary N) is 2. The van der Waals surface area contributed by atoms with Gasteiger partial charge in [0.05, 0.1) is 6.20 Å². The van der Waals surface area contributed by atoms with Crippen LogP contribution in [0.3, 0.4) is 0 Å². The molecule has 3 amide bonds. The first-order valence-electron chi connectivity index (χ1n) is 8.55. The van der Waals surface area contributed by atoms with Crippen molar-refractivity contribution in [1.82, 2.24) is 20.3 Å². The van der Waals surface area contributed by atoms with Crippen molar-refractivity contribution in [2.24, 2.45) is 11.5 Å². The van der Waals surface area contributed by atoms with E-state index in [0.29, 0.717) is 25.1 Å². The van der Waals surface area contributed by atoms with Gasteiger partial charge in [-0.05, 0) is 37.9 Å². The van der Waals surface area contributed by atoms with Gasteiger partial charge in [-0.2, -0.15) is 0 Å². The van der Waals surface area contributed by atoms with Crippen LogP contribution in [-0.4, -0.2) is 45.3 Å². The summed E-state index contributed by atoms with van der Waals surface area (Å²) in [5.41, 5.74) is 11.4. The zero-order valence-electron chi connectivity index (χ0n) is 14.8. The van der Waals surface area contributed by atoms with E-state index >= 15 is 0 Å². The van der Waals surface area contributed by atoms with Gasteiger partial charge in [0, 0.05) is 5.69 Å². The maximum atomic E-state index is 12.2. The van der Waals surface area contributed by atoms with E-state index in [4.69, 9.17) is 11.5 Å². The van der Waals surface area contributed by atoms with Crippen molar-refractivity contribution >= 4 is 23.4 Å². The van der Waals surface area contributed by atoms with Crippen molar-refractivity contribution in [2.45, 2.75) is 31.8 Å². The number of rotatable bonds is 10. The van der Waals surface area contributed by atoms with Gasteiger partial charge in [-0.15, -0.1) is 5.10 Å². The third-order valence-corrected chi connectivity index (χ3v) is 3.73. The van der Waals surface area contributed by atoms with Crippen molar-refractivity contribution in [2.75, 3.05) is 11.9 Å². The molecule has 0 aliphatic rings. The van der Waals surface area contributed by atoms with Crippen LogP contribution in [0.2, 0.25) is 0 Å². The number of carbonyl (C=O) groups excluding carboxylic acids is 3. The molecule has 0 spiro atoms. The van der Waals surface area contributed by atoms with Crippen LogP contribution < -0.4 is 22.1 Å². The Morgan fingerprint density at radius 2 is 1.89 bits per heavy atom. The number of anilines is 1. The summed E-state index contributed by atoms with van der Waals surface area (Å²) >= 11 is 0. The van der Waals surface area contributed by atoms with Gasteiger partial charge in [-0.1, -0.05) is 23.4 Å². The molecule has 0 saturated carbocycles. The van der Waals surface area contributed by atoms with E-state index in [2.05, 4.69) is 20.9 Å². The Hall–Kier alpha value is -3.27. The van der Waals surface area contributed by atoms with Gasteiger partial charge < -0.3 is 22.1 Å². The molecule has 10 heteroatoms. The number of aromatic nitrogens is 3. The van der Waals surface area contributed by atoms with Gasteiger partial charge in [0.15, 0.2) is 5.69 Å². The Labute approximate surface area is 156 Å². The van der Waals surface area contributed by atoms with Gasteiger partial charge in [0.25, 0.3) is 5.91 Å². The molecule has 0 saturated heterocycles. The molecule has 0 radical (unpaired) electrons. The van der Waals surface area contributed by atoms with Gasteiger partial charge in [-0.3, -0.25) is 14.4 Å². The molecule has 1 unspecified atom stereocenters. The third kappa shape index (κ3) is 6.51. The molecule has 1 aromatic carbocycles. The summed E-state index contributed by atoms with van der Waals surface area (Å²) < 4.78 is 1.24. The lowest BCUT2D eigenvalue weighted by Gasteiger charge is -2.14. The minimum absolute atomic E-state index is 0.00686. The number of hydrogen-bond donors (Lipinski definition) is 4. The fourth-order valence-corrected chi connectivity index (χ4v) is 2.36. The fraction of sp³-hybridized carbons (Fsp3) is 0.353. The van der Waals surface area contributed by atoms with Crippen molar-refractivity contribution < 1.29 is 14.4 Å². The quantitative estimate of drug-likeness (QED) is 0.416. The monoisotopic (exact) mass is 373 g/mol. The maximum Gasteiger partial charge on any atom is 0.274 e. The Bertz CT molecular complexity index is 776. The summed E-state index contributed by atoms with van der Waals surface area (Å²) in [4.78, 5) is 35.7. The summed E-state index contributed by atoms with van der Waals surface area (Å²) in [6.45, 7) is 0.393. The van der Waals surface area contributed by atoms with Crippen LogP contribution in [0.4, 0.5) is 5.69 Å². The van der Waals surface area contributed by atoms with Crippen molar-refractivity contribution in [3.63, 3.8) is 0 Å². The third-order valence-electron chi connectivity index (χ3n) is 3.73. The Balaban J connectivity index is 1.90. The first-order valence-corrected chi connectivity index (χ1v) is 8.55. The maximum absolute atomic E-state index is 12.2. The highest BCUT2D eigenvalue weighted by atomic mass is 16.2. The minimum Gasteiger partial charge on any atom is -0.368 e. The molecule has 2 rings (SSSR count). The average Bonchev–Trinajstić information content (AvgIpc) is 3.10. The summed E-state index contributed by atoms with van der Waals surface area (Å²) in [6.07, 6.45) is 3.12. The zero-order chi connectivity index (χ0) is 19.6. The van der Waals surface area contributed by atoms with Gasteiger partial charge >= 0.3 is 0 Å². The van der Waals surface area contributed by atoms with Crippen LogP contribution in [-0.2, 0) is 16.1 Å². The summed E-state index contributed by atoms with van der Waals surface area (Å²) in [7, 11) is 0. The molecule has 6 N–H and O–H groups in total. The van der Waals surface area contributed by atoms with Crippen molar-refractivity contribution in [1.29, 1.82) is 0 Å². The number of carbonyl (C=O) groups is 3. The smallest absolute Gasteiger partial charge is 0.274 e. The van der Waals surface area contributed by atoms with Crippen LogP contribution in [0.25, 0.3) is 0 Å². The molecule has 0 fully saturated rings. The van der Waals surface area contributed by atoms with Gasteiger partial charge in [-0.25, -0.2) is 4.68 Å². The number of hydrogen-bond acceptors (Lipinski definition) is 6. The molecule has 0 aliphatic carbocycles. The molecule has 2 aromatic rings. The second-order valence-corrected chi connectivity index (χ2v) is 5.93. The SMILES string of the molecule is NCCCCC(NC(=O)c1cn(CC(=O)Nc2ccccc2)nn1)C(N)=O. The van der Waals surface area contributed by atoms with Crippen molar-refractivity contribution in [3.05, 3.63) is 42.2 Å². The molecule has 10 nitrogen and oxygen atoms in total. The second-order valence-electron chi connectivity index (χ2n) is 5.93. The molecule has 1 heterocycles. The van der Waals surface area contributed by atoms with E-state index in [9.17, 15) is 14.4 Å². The second kappa shape index (κ2) is 10.0. The zero-order valence-corrected chi connectivity index (χ0v) is 14.8. The summed E-state index contributed by atoms with van der Waals surface area (Å²) in [5.74, 6) is -1.52. The van der Waals surface area contributed by atoms with E-state index in [0.717, 1.165) is 6.42 Å². The first-order chi connectivity index (χ1) is 13.0. The molecule has 1 atom stereocenters. The van der Waals surface area contributed by atoms with Crippen LogP contribution in [0.5, 0.6) is 0 Å². The minimum atomic E-state index is -0.810. The van der Waals surface area contributed by atoms with Gasteiger partial charge in [0.2, 0.25) is 11.8 Å². The van der Waals surface area contributed by atoms with E-state index < -0.39 is 17.9 Å². The number of benzene rings is 1. The van der Waals surface area contributed by atoms with Crippen molar-refractivity contribution in [3.8, 4) is 0 Å². The molecule has 0 aliphatic heterocycles. The van der Waals surface area contributed by atoms with Crippen LogP contribution in [0, 0.1) is 0 Å². The van der Waals surface area contributed by atoms with Crippen LogP contribution >= 0.6 is 0 Å². The number of nitrogens with two attached hydrogens (primary N) is 2. The molecule has 27 heavy (non-hydrogen) atoms. The lowest BCUT2D eigenvalue weighted by molar-refractivity contribution is -0.120. The normalized spacial score (nSPS) is 11.6. The Morgan fingerprint density at radius 1 is 1.15 bits per heavy atom. The first kappa shape index (κ1) is 20.0. The van der Waals surface area contributed by atoms with Crippen LogP contribution in [0.15, 0.2) is 36.5 Å². The summed E-state index contributed by atoms with van der Waals surface area (Å²) in [6, 6.07) is 8.15. The van der Waals surface area contributed by atoms with E-state index in [1.807, 2.05) is 6.07 Å². The lowest BCUT2D eigenvalue weighted by atomic mass is 10.1. The number of para-hydroxylation sites is 1. The molecule has 0 bridgehead atoms. The topological polar surface area (TPSA) is 158 Å². The Kier molecular flexibility index (Phi) is 7.44. The number of primary amides is 1. The van der Waals surface area contributed by atoms with E-state index in [1.54, 1.807) is 24.3 Å². The highest BCUT2D eigenvalue weighted by molar-refractivity contribution is 5.95. The van der Waals surface area contributed by atoms with E-state index in [-0.39, 0.29) is 18.1 Å². The Morgan fingerprint density at radius 3 is 2.56 bits per heavy atom.